The molecule has 1 atom stereocenters. The van der Waals surface area contributed by atoms with Crippen molar-refractivity contribution in [3.8, 4) is 0 Å². The van der Waals surface area contributed by atoms with Crippen LogP contribution in [0.15, 0.2) is 18.2 Å². The maximum absolute atomic E-state index is 11.2. The highest BCUT2D eigenvalue weighted by Crippen LogP contribution is 2.25. The van der Waals surface area contributed by atoms with Crippen molar-refractivity contribution >= 4 is 23.3 Å². The Hall–Kier alpha value is -1.66. The van der Waals surface area contributed by atoms with E-state index in [0.29, 0.717) is 10.6 Å². The van der Waals surface area contributed by atoms with E-state index in [2.05, 4.69) is 4.74 Å². The van der Waals surface area contributed by atoms with E-state index in [4.69, 9.17) is 16.3 Å². The summed E-state index contributed by atoms with van der Waals surface area (Å²) >= 11 is 5.83. The van der Waals surface area contributed by atoms with Gasteiger partial charge in [0.15, 0.2) is 0 Å². The number of hydrogen-bond acceptors (Lipinski definition) is 5. The van der Waals surface area contributed by atoms with Crippen LogP contribution >= 0.6 is 11.6 Å². The zero-order valence-electron chi connectivity index (χ0n) is 10.6. The largest absolute Gasteiger partial charge is 0.469 e. The van der Waals surface area contributed by atoms with Crippen LogP contribution in [0.3, 0.4) is 0 Å². The van der Waals surface area contributed by atoms with Crippen LogP contribution in [-0.2, 0) is 20.7 Å². The highest BCUT2D eigenvalue weighted by molar-refractivity contribution is 6.30. The molecule has 1 rings (SSSR count). The molecule has 0 N–H and O–H groups in total. The monoisotopic (exact) mass is 287 g/mol. The van der Waals surface area contributed by atoms with Crippen molar-refractivity contribution in [2.24, 2.45) is 0 Å². The predicted molar refractivity (Wildman–Crippen MR) is 69.2 cm³/mol. The molecule has 0 aromatic heterocycles. The van der Waals surface area contributed by atoms with Crippen LogP contribution < -0.4 is 0 Å². The Kier molecular flexibility index (Phi) is 5.72. The lowest BCUT2D eigenvalue weighted by Crippen LogP contribution is -2.20. The molecule has 0 amide bonds. The predicted octanol–water partition coefficient (Wildman–Crippen LogP) is 2.37. The lowest BCUT2D eigenvalue weighted by Gasteiger charge is -2.14. The van der Waals surface area contributed by atoms with Crippen molar-refractivity contribution in [1.29, 1.82) is 0 Å². The van der Waals surface area contributed by atoms with Gasteiger partial charge in [-0.15, -0.1) is 0 Å². The van der Waals surface area contributed by atoms with Gasteiger partial charge in [0.1, 0.15) is 0 Å². The molecule has 0 aliphatic heterocycles. The first-order valence-corrected chi connectivity index (χ1v) is 5.88. The van der Waals surface area contributed by atoms with E-state index < -0.39 is 17.0 Å². The van der Waals surface area contributed by atoms with Gasteiger partial charge in [0.05, 0.1) is 24.6 Å². The van der Waals surface area contributed by atoms with Gasteiger partial charge < -0.3 is 9.47 Å². The first-order valence-electron chi connectivity index (χ1n) is 5.50. The number of carbonyl (C=O) groups excluding carboxylic acids is 1. The second-order valence-electron chi connectivity index (χ2n) is 3.87. The van der Waals surface area contributed by atoms with Gasteiger partial charge in [-0.1, -0.05) is 11.6 Å². The third kappa shape index (κ3) is 4.50. The quantitative estimate of drug-likeness (QED) is 0.456. The molecule has 0 aliphatic carbocycles. The summed E-state index contributed by atoms with van der Waals surface area (Å²) in [6.45, 7) is 0. The summed E-state index contributed by atoms with van der Waals surface area (Å²) in [5.74, 6) is -0.434. The Morgan fingerprint density at radius 1 is 1.47 bits per heavy atom. The number of benzene rings is 1. The first-order chi connectivity index (χ1) is 8.97. The summed E-state index contributed by atoms with van der Waals surface area (Å²) in [5.41, 5.74) is 0.379. The summed E-state index contributed by atoms with van der Waals surface area (Å²) in [5, 5.41) is 11.3. The van der Waals surface area contributed by atoms with E-state index in [0.717, 1.165) is 0 Å². The van der Waals surface area contributed by atoms with Crippen LogP contribution in [0.4, 0.5) is 5.69 Å². The molecule has 7 heteroatoms. The average molecular weight is 288 g/mol. The van der Waals surface area contributed by atoms with Crippen molar-refractivity contribution in [2.75, 3.05) is 14.2 Å². The zero-order valence-corrected chi connectivity index (χ0v) is 11.3. The maximum atomic E-state index is 11.2. The van der Waals surface area contributed by atoms with Gasteiger partial charge in [-0.3, -0.25) is 14.9 Å². The molecule has 6 nitrogen and oxygen atoms in total. The topological polar surface area (TPSA) is 78.7 Å². The number of nitro benzene ring substituents is 1. The number of halogens is 1. The number of hydrogen-bond donors (Lipinski definition) is 0. The number of methoxy groups -OCH3 is 2. The minimum Gasteiger partial charge on any atom is -0.469 e. The molecule has 0 bridgehead atoms. The van der Waals surface area contributed by atoms with Crippen LogP contribution in [0.5, 0.6) is 0 Å². The van der Waals surface area contributed by atoms with Crippen molar-refractivity contribution in [2.45, 2.75) is 18.9 Å². The standard InChI is InChI=1S/C12H14ClNO5/c1-18-10(7-12(15)19-2)6-8-5-9(13)3-4-11(8)14(16)17/h3-5,10H,6-7H2,1-2H3. The molecule has 0 aliphatic rings. The molecule has 0 fully saturated rings. The Morgan fingerprint density at radius 3 is 2.68 bits per heavy atom. The van der Waals surface area contributed by atoms with Crippen molar-refractivity contribution in [1.82, 2.24) is 0 Å². The minimum atomic E-state index is -0.496. The fraction of sp³-hybridized carbons (Fsp3) is 0.417. The van der Waals surface area contributed by atoms with Crippen LogP contribution in [0.25, 0.3) is 0 Å². The summed E-state index contributed by atoms with van der Waals surface area (Å²) in [4.78, 5) is 21.6. The van der Waals surface area contributed by atoms with Crippen LogP contribution in [0.1, 0.15) is 12.0 Å². The summed E-state index contributed by atoms with van der Waals surface area (Å²) < 4.78 is 9.68. The van der Waals surface area contributed by atoms with Crippen molar-refractivity contribution in [3.63, 3.8) is 0 Å². The normalized spacial score (nSPS) is 11.9. The van der Waals surface area contributed by atoms with Gasteiger partial charge in [0, 0.05) is 30.2 Å². The average Bonchev–Trinajstić information content (AvgIpc) is 2.37. The smallest absolute Gasteiger partial charge is 0.308 e. The molecule has 0 spiro atoms. The third-order valence-electron chi connectivity index (χ3n) is 2.64. The zero-order chi connectivity index (χ0) is 14.4. The van der Waals surface area contributed by atoms with Crippen LogP contribution in [-0.4, -0.2) is 31.2 Å². The SMILES string of the molecule is COC(=O)CC(Cc1cc(Cl)ccc1[N+](=O)[O-])OC. The molecule has 0 radical (unpaired) electrons. The first kappa shape index (κ1) is 15.4. The number of nitro groups is 1. The Morgan fingerprint density at radius 2 is 2.16 bits per heavy atom. The molecule has 0 saturated heterocycles. The second kappa shape index (κ2) is 7.06. The lowest BCUT2D eigenvalue weighted by molar-refractivity contribution is -0.385. The van der Waals surface area contributed by atoms with E-state index >= 15 is 0 Å². The van der Waals surface area contributed by atoms with Gasteiger partial charge in [0.2, 0.25) is 0 Å². The molecule has 104 valence electrons. The molecular weight excluding hydrogens is 274 g/mol. The van der Waals surface area contributed by atoms with Crippen LogP contribution in [0.2, 0.25) is 5.02 Å². The summed E-state index contributed by atoms with van der Waals surface area (Å²) in [7, 11) is 2.71. The highest BCUT2D eigenvalue weighted by Gasteiger charge is 2.20. The van der Waals surface area contributed by atoms with E-state index in [9.17, 15) is 14.9 Å². The number of rotatable bonds is 6. The number of ether oxygens (including phenoxy) is 2. The summed E-state index contributed by atoms with van der Waals surface area (Å²) in [6.07, 6.45) is -0.260. The fourth-order valence-corrected chi connectivity index (χ4v) is 1.84. The Bertz CT molecular complexity index is 477. The molecule has 0 saturated carbocycles. The third-order valence-corrected chi connectivity index (χ3v) is 2.88. The minimum absolute atomic E-state index is 0.0245. The number of carbonyl (C=O) groups is 1. The number of esters is 1. The van der Waals surface area contributed by atoms with Gasteiger partial charge in [-0.25, -0.2) is 0 Å². The number of nitrogens with zero attached hydrogens (tertiary/aromatic N) is 1. The van der Waals surface area contributed by atoms with Gasteiger partial charge >= 0.3 is 5.97 Å². The summed E-state index contributed by atoms with van der Waals surface area (Å²) in [6, 6.07) is 4.29. The lowest BCUT2D eigenvalue weighted by atomic mass is 10.0. The maximum Gasteiger partial charge on any atom is 0.308 e. The van der Waals surface area contributed by atoms with E-state index in [1.807, 2.05) is 0 Å². The van der Waals surface area contributed by atoms with E-state index in [-0.39, 0.29) is 18.5 Å². The van der Waals surface area contributed by atoms with E-state index in [1.54, 1.807) is 0 Å². The van der Waals surface area contributed by atoms with E-state index in [1.165, 1.54) is 32.4 Å². The fourth-order valence-electron chi connectivity index (χ4n) is 1.65. The molecule has 1 aromatic rings. The van der Waals surface area contributed by atoms with Crippen molar-refractivity contribution < 1.29 is 19.2 Å². The highest BCUT2D eigenvalue weighted by atomic mass is 35.5. The molecular formula is C12H14ClNO5. The van der Waals surface area contributed by atoms with Gasteiger partial charge in [-0.05, 0) is 12.1 Å². The molecule has 1 unspecified atom stereocenters. The van der Waals surface area contributed by atoms with Crippen LogP contribution in [0, 0.1) is 10.1 Å². The van der Waals surface area contributed by atoms with Gasteiger partial charge in [-0.2, -0.15) is 0 Å². The van der Waals surface area contributed by atoms with Crippen molar-refractivity contribution in [3.05, 3.63) is 38.9 Å². The molecule has 19 heavy (non-hydrogen) atoms. The van der Waals surface area contributed by atoms with Gasteiger partial charge in [0.25, 0.3) is 5.69 Å². The molecule has 0 heterocycles. The molecule has 1 aromatic carbocycles. The Labute approximate surface area is 115 Å². The second-order valence-corrected chi connectivity index (χ2v) is 4.31. The Balaban J connectivity index is 2.92.